The highest BCUT2D eigenvalue weighted by molar-refractivity contribution is 7.92. The maximum atomic E-state index is 12.7. The maximum absolute atomic E-state index is 12.7. The van der Waals surface area contributed by atoms with Gasteiger partial charge in [-0.05, 0) is 44.2 Å². The molecule has 0 spiro atoms. The first-order chi connectivity index (χ1) is 13.3. The molecule has 0 aromatic heterocycles. The molecule has 1 atom stereocenters. The van der Waals surface area contributed by atoms with Gasteiger partial charge < -0.3 is 15.4 Å². The SMILES string of the molecule is CCNC(=O)[C@H](C)NC(=O)c1cccc(S(=O)(=O)Nc2ccccc2OC)c1. The van der Waals surface area contributed by atoms with E-state index in [1.807, 2.05) is 0 Å². The number of likely N-dealkylation sites (N-methyl/N-ethyl adjacent to an activating group) is 1. The zero-order valence-electron chi connectivity index (χ0n) is 15.9. The monoisotopic (exact) mass is 405 g/mol. The average molecular weight is 405 g/mol. The van der Waals surface area contributed by atoms with Crippen molar-refractivity contribution in [3.63, 3.8) is 0 Å². The lowest BCUT2D eigenvalue weighted by Gasteiger charge is -2.14. The number of carbonyl (C=O) groups excluding carboxylic acids is 2. The van der Waals surface area contributed by atoms with Crippen LogP contribution in [-0.4, -0.2) is 39.9 Å². The first-order valence-electron chi connectivity index (χ1n) is 8.63. The van der Waals surface area contributed by atoms with E-state index in [2.05, 4.69) is 15.4 Å². The summed E-state index contributed by atoms with van der Waals surface area (Å²) in [4.78, 5) is 24.0. The number of methoxy groups -OCH3 is 1. The molecule has 0 bridgehead atoms. The first-order valence-corrected chi connectivity index (χ1v) is 10.1. The van der Waals surface area contributed by atoms with Crippen LogP contribution in [-0.2, 0) is 14.8 Å². The van der Waals surface area contributed by atoms with E-state index in [1.165, 1.54) is 31.4 Å². The molecule has 2 aromatic rings. The van der Waals surface area contributed by atoms with E-state index in [4.69, 9.17) is 4.74 Å². The summed E-state index contributed by atoms with van der Waals surface area (Å²) in [5.74, 6) is -0.499. The van der Waals surface area contributed by atoms with E-state index in [0.717, 1.165) is 0 Å². The van der Waals surface area contributed by atoms with Gasteiger partial charge in [-0.15, -0.1) is 0 Å². The second-order valence-electron chi connectivity index (χ2n) is 5.92. The first kappa shape index (κ1) is 21.2. The highest BCUT2D eigenvalue weighted by atomic mass is 32.2. The van der Waals surface area contributed by atoms with Crippen molar-refractivity contribution in [1.82, 2.24) is 10.6 Å². The Balaban J connectivity index is 2.21. The molecule has 2 amide bonds. The van der Waals surface area contributed by atoms with Crippen LogP contribution in [0.2, 0.25) is 0 Å². The predicted molar refractivity (Wildman–Crippen MR) is 106 cm³/mol. The van der Waals surface area contributed by atoms with Crippen molar-refractivity contribution < 1.29 is 22.7 Å². The summed E-state index contributed by atoms with van der Waals surface area (Å²) in [6.07, 6.45) is 0. The molecule has 0 aliphatic carbocycles. The van der Waals surface area contributed by atoms with Crippen molar-refractivity contribution in [2.45, 2.75) is 24.8 Å². The van der Waals surface area contributed by atoms with Crippen LogP contribution in [0.4, 0.5) is 5.69 Å². The van der Waals surface area contributed by atoms with Crippen LogP contribution in [0.25, 0.3) is 0 Å². The third-order valence-corrected chi connectivity index (χ3v) is 5.21. The summed E-state index contributed by atoms with van der Waals surface area (Å²) in [7, 11) is -2.51. The van der Waals surface area contributed by atoms with E-state index in [0.29, 0.717) is 12.3 Å². The van der Waals surface area contributed by atoms with Gasteiger partial charge in [0.2, 0.25) is 5.91 Å². The fraction of sp³-hybridized carbons (Fsp3) is 0.263. The minimum atomic E-state index is -3.94. The molecule has 28 heavy (non-hydrogen) atoms. The molecule has 8 nitrogen and oxygen atoms in total. The lowest BCUT2D eigenvalue weighted by Crippen LogP contribution is -2.44. The summed E-state index contributed by atoms with van der Waals surface area (Å²) in [5.41, 5.74) is 0.406. The van der Waals surface area contributed by atoms with Gasteiger partial charge in [-0.3, -0.25) is 14.3 Å². The summed E-state index contributed by atoms with van der Waals surface area (Å²) in [6, 6.07) is 11.4. The summed E-state index contributed by atoms with van der Waals surface area (Å²) >= 11 is 0. The van der Waals surface area contributed by atoms with Crippen molar-refractivity contribution in [1.29, 1.82) is 0 Å². The Morgan fingerprint density at radius 2 is 1.82 bits per heavy atom. The zero-order chi connectivity index (χ0) is 20.7. The molecule has 3 N–H and O–H groups in total. The number of benzene rings is 2. The lowest BCUT2D eigenvalue weighted by molar-refractivity contribution is -0.122. The van der Waals surface area contributed by atoms with Gasteiger partial charge in [0.05, 0.1) is 17.7 Å². The molecule has 0 heterocycles. The zero-order valence-corrected chi connectivity index (χ0v) is 16.7. The number of amides is 2. The highest BCUT2D eigenvalue weighted by Crippen LogP contribution is 2.26. The van der Waals surface area contributed by atoms with Gasteiger partial charge in [0.1, 0.15) is 11.8 Å². The molecule has 2 aromatic carbocycles. The Hall–Kier alpha value is -3.07. The Kier molecular flexibility index (Phi) is 7.00. The molecule has 0 aliphatic heterocycles. The molecular weight excluding hydrogens is 382 g/mol. The summed E-state index contributed by atoms with van der Waals surface area (Å²) < 4.78 is 33.0. The Labute approximate surface area is 164 Å². The minimum absolute atomic E-state index is 0.0864. The van der Waals surface area contributed by atoms with Gasteiger partial charge in [0.25, 0.3) is 15.9 Å². The van der Waals surface area contributed by atoms with E-state index in [1.54, 1.807) is 38.1 Å². The van der Waals surface area contributed by atoms with Gasteiger partial charge in [-0.1, -0.05) is 18.2 Å². The Bertz CT molecular complexity index is 960. The van der Waals surface area contributed by atoms with Crippen LogP contribution in [0.5, 0.6) is 5.75 Å². The molecule has 150 valence electrons. The largest absolute Gasteiger partial charge is 0.495 e. The fourth-order valence-electron chi connectivity index (χ4n) is 2.41. The van der Waals surface area contributed by atoms with Gasteiger partial charge in [-0.2, -0.15) is 0 Å². The maximum Gasteiger partial charge on any atom is 0.262 e. The highest BCUT2D eigenvalue weighted by Gasteiger charge is 2.20. The van der Waals surface area contributed by atoms with Crippen LogP contribution in [0.15, 0.2) is 53.4 Å². The second-order valence-corrected chi connectivity index (χ2v) is 7.61. The topological polar surface area (TPSA) is 114 Å². The number of carbonyl (C=O) groups is 2. The van der Waals surface area contributed by atoms with Gasteiger partial charge in [0, 0.05) is 12.1 Å². The molecule has 0 aliphatic rings. The third kappa shape index (κ3) is 5.23. The number of para-hydroxylation sites is 2. The van der Waals surface area contributed by atoms with Crippen LogP contribution in [0.3, 0.4) is 0 Å². The van der Waals surface area contributed by atoms with E-state index < -0.39 is 22.0 Å². The van der Waals surface area contributed by atoms with Crippen molar-refractivity contribution in [2.75, 3.05) is 18.4 Å². The van der Waals surface area contributed by atoms with E-state index >= 15 is 0 Å². The standard InChI is InChI=1S/C19H23N3O5S/c1-4-20-18(23)13(2)21-19(24)14-8-7-9-15(12-14)28(25,26)22-16-10-5-6-11-17(16)27-3/h5-13,22H,4H2,1-3H3,(H,20,23)(H,21,24)/t13-/m0/s1. The molecular formula is C19H23N3O5S. The van der Waals surface area contributed by atoms with Gasteiger partial charge >= 0.3 is 0 Å². The molecule has 0 saturated heterocycles. The van der Waals surface area contributed by atoms with E-state index in [-0.39, 0.29) is 22.1 Å². The molecule has 2 rings (SSSR count). The van der Waals surface area contributed by atoms with Crippen molar-refractivity contribution in [3.05, 3.63) is 54.1 Å². The predicted octanol–water partition coefficient (Wildman–Crippen LogP) is 1.75. The Morgan fingerprint density at radius 3 is 2.50 bits per heavy atom. The number of nitrogens with one attached hydrogen (secondary N) is 3. The Morgan fingerprint density at radius 1 is 1.11 bits per heavy atom. The second kappa shape index (κ2) is 9.23. The number of sulfonamides is 1. The quantitative estimate of drug-likeness (QED) is 0.619. The number of ether oxygens (including phenoxy) is 1. The van der Waals surface area contributed by atoms with Crippen molar-refractivity contribution >= 4 is 27.5 Å². The number of rotatable bonds is 8. The van der Waals surface area contributed by atoms with Gasteiger partial charge in [0.15, 0.2) is 0 Å². The van der Waals surface area contributed by atoms with Crippen LogP contribution in [0.1, 0.15) is 24.2 Å². The number of anilines is 1. The normalized spacial score (nSPS) is 12.0. The summed E-state index contributed by atoms with van der Waals surface area (Å²) in [6.45, 7) is 3.77. The summed E-state index contributed by atoms with van der Waals surface area (Å²) in [5, 5.41) is 5.15. The lowest BCUT2D eigenvalue weighted by atomic mass is 10.2. The molecule has 9 heteroatoms. The van der Waals surface area contributed by atoms with Crippen molar-refractivity contribution in [3.8, 4) is 5.75 Å². The minimum Gasteiger partial charge on any atom is -0.495 e. The molecule has 0 saturated carbocycles. The number of hydrogen-bond acceptors (Lipinski definition) is 5. The van der Waals surface area contributed by atoms with Crippen LogP contribution in [0, 0.1) is 0 Å². The average Bonchev–Trinajstić information content (AvgIpc) is 2.68. The molecule has 0 radical (unpaired) electrons. The van der Waals surface area contributed by atoms with Crippen LogP contribution < -0.4 is 20.1 Å². The molecule has 0 unspecified atom stereocenters. The van der Waals surface area contributed by atoms with Crippen LogP contribution >= 0.6 is 0 Å². The van der Waals surface area contributed by atoms with E-state index in [9.17, 15) is 18.0 Å². The van der Waals surface area contributed by atoms with Gasteiger partial charge in [-0.25, -0.2) is 8.42 Å². The third-order valence-electron chi connectivity index (χ3n) is 3.85. The van der Waals surface area contributed by atoms with Crippen molar-refractivity contribution in [2.24, 2.45) is 0 Å². The fourth-order valence-corrected chi connectivity index (χ4v) is 3.53. The molecule has 0 fully saturated rings. The number of hydrogen-bond donors (Lipinski definition) is 3. The smallest absolute Gasteiger partial charge is 0.262 e.